The molecule has 1 aromatic carbocycles. The zero-order valence-corrected chi connectivity index (χ0v) is 12.7. The van der Waals surface area contributed by atoms with Crippen molar-refractivity contribution in [1.82, 2.24) is 0 Å². The maximum Gasteiger partial charge on any atom is 0.138 e. The number of hydrogen-bond donors (Lipinski definition) is 1. The Hall–Kier alpha value is -1.28. The molecule has 104 valence electrons. The molecule has 2 nitrogen and oxygen atoms in total. The Morgan fingerprint density at radius 2 is 1.84 bits per heavy atom. The maximum atomic E-state index is 6.10. The van der Waals surface area contributed by atoms with Crippen molar-refractivity contribution >= 4 is 11.0 Å². The summed E-state index contributed by atoms with van der Waals surface area (Å²) in [6, 6.07) is 4.39. The van der Waals surface area contributed by atoms with Crippen LogP contribution in [-0.4, -0.2) is 0 Å². The van der Waals surface area contributed by atoms with E-state index in [4.69, 9.17) is 10.2 Å². The fourth-order valence-electron chi connectivity index (χ4n) is 2.75. The first-order valence-electron chi connectivity index (χ1n) is 7.19. The zero-order valence-electron chi connectivity index (χ0n) is 12.7. The van der Waals surface area contributed by atoms with E-state index in [9.17, 15) is 0 Å². The van der Waals surface area contributed by atoms with Gasteiger partial charge in [-0.1, -0.05) is 39.8 Å². The molecule has 0 unspecified atom stereocenters. The number of nitrogens with two attached hydrogens (primary N) is 1. The molecule has 19 heavy (non-hydrogen) atoms. The molecular formula is C17H25NO. The maximum absolute atomic E-state index is 6.10. The Balaban J connectivity index is 2.75. The van der Waals surface area contributed by atoms with Gasteiger partial charge in [0.1, 0.15) is 11.3 Å². The van der Waals surface area contributed by atoms with E-state index in [1.54, 1.807) is 0 Å². The molecule has 0 aliphatic carbocycles. The van der Waals surface area contributed by atoms with Gasteiger partial charge in [-0.3, -0.25) is 0 Å². The predicted molar refractivity (Wildman–Crippen MR) is 81.5 cm³/mol. The number of furan rings is 1. The van der Waals surface area contributed by atoms with Crippen LogP contribution in [0.4, 0.5) is 0 Å². The van der Waals surface area contributed by atoms with Crippen LogP contribution in [0, 0.1) is 12.8 Å². The van der Waals surface area contributed by atoms with Crippen LogP contribution in [0.3, 0.4) is 0 Å². The first kappa shape index (κ1) is 14.1. The van der Waals surface area contributed by atoms with Crippen molar-refractivity contribution in [3.63, 3.8) is 0 Å². The third kappa shape index (κ3) is 2.55. The lowest BCUT2D eigenvalue weighted by Gasteiger charge is -2.09. The summed E-state index contributed by atoms with van der Waals surface area (Å²) < 4.78 is 6.10. The van der Waals surface area contributed by atoms with Crippen molar-refractivity contribution in [2.45, 2.75) is 53.5 Å². The van der Waals surface area contributed by atoms with Gasteiger partial charge in [-0.25, -0.2) is 0 Å². The molecule has 0 fully saturated rings. The second-order valence-corrected chi connectivity index (χ2v) is 6.14. The van der Waals surface area contributed by atoms with Crippen LogP contribution in [0.15, 0.2) is 16.5 Å². The zero-order chi connectivity index (χ0) is 14.2. The summed E-state index contributed by atoms with van der Waals surface area (Å²) in [5.74, 6) is 2.03. The second kappa shape index (κ2) is 5.38. The molecule has 0 amide bonds. The lowest BCUT2D eigenvalue weighted by molar-refractivity contribution is 0.531. The lowest BCUT2D eigenvalue weighted by atomic mass is 9.93. The smallest absolute Gasteiger partial charge is 0.138 e. The van der Waals surface area contributed by atoms with Gasteiger partial charge in [0.2, 0.25) is 0 Å². The van der Waals surface area contributed by atoms with Gasteiger partial charge in [0.25, 0.3) is 0 Å². The highest BCUT2D eigenvalue weighted by Crippen LogP contribution is 2.35. The summed E-state index contributed by atoms with van der Waals surface area (Å²) >= 11 is 0. The van der Waals surface area contributed by atoms with Crippen molar-refractivity contribution < 1.29 is 4.42 Å². The van der Waals surface area contributed by atoms with Gasteiger partial charge in [0.05, 0.1) is 6.54 Å². The largest absolute Gasteiger partial charge is 0.459 e. The van der Waals surface area contributed by atoms with Crippen LogP contribution in [0.1, 0.15) is 56.1 Å². The summed E-state index contributed by atoms with van der Waals surface area (Å²) in [6.07, 6.45) is 1.03. The van der Waals surface area contributed by atoms with Crippen molar-refractivity contribution in [3.8, 4) is 0 Å². The van der Waals surface area contributed by atoms with Crippen LogP contribution >= 0.6 is 0 Å². The SMILES string of the molecule is Cc1ccc(C(C)C)c2oc(CN)c(CC(C)C)c12. The quantitative estimate of drug-likeness (QED) is 0.876. The van der Waals surface area contributed by atoms with Crippen LogP contribution in [0.25, 0.3) is 11.0 Å². The highest BCUT2D eigenvalue weighted by Gasteiger charge is 2.19. The molecule has 2 aromatic rings. The Labute approximate surface area is 116 Å². The molecule has 0 aliphatic rings. The van der Waals surface area contributed by atoms with Crippen molar-refractivity contribution in [3.05, 3.63) is 34.6 Å². The van der Waals surface area contributed by atoms with Gasteiger partial charge in [-0.05, 0) is 36.3 Å². The molecule has 1 heterocycles. The predicted octanol–water partition coefficient (Wildman–Crippen LogP) is 4.52. The van der Waals surface area contributed by atoms with Gasteiger partial charge >= 0.3 is 0 Å². The van der Waals surface area contributed by atoms with Gasteiger partial charge in [-0.2, -0.15) is 0 Å². The third-order valence-electron chi connectivity index (χ3n) is 3.68. The van der Waals surface area contributed by atoms with E-state index in [0.29, 0.717) is 18.4 Å². The second-order valence-electron chi connectivity index (χ2n) is 6.14. The average molecular weight is 259 g/mol. The number of fused-ring (bicyclic) bond motifs is 1. The third-order valence-corrected chi connectivity index (χ3v) is 3.68. The fraction of sp³-hybridized carbons (Fsp3) is 0.529. The molecule has 1 aromatic heterocycles. The normalized spacial score (nSPS) is 12.0. The highest BCUT2D eigenvalue weighted by atomic mass is 16.3. The number of benzene rings is 1. The molecule has 0 spiro atoms. The monoisotopic (exact) mass is 259 g/mol. The van der Waals surface area contributed by atoms with E-state index < -0.39 is 0 Å². The molecule has 0 bridgehead atoms. The Kier molecular flexibility index (Phi) is 4.00. The molecular weight excluding hydrogens is 234 g/mol. The van der Waals surface area contributed by atoms with E-state index >= 15 is 0 Å². The van der Waals surface area contributed by atoms with Crippen molar-refractivity contribution in [2.75, 3.05) is 0 Å². The first-order chi connectivity index (χ1) is 8.95. The number of rotatable bonds is 4. The standard InChI is InChI=1S/C17H25NO/c1-10(2)8-14-15(9-18)19-17-13(11(3)4)7-6-12(5)16(14)17/h6-7,10-11H,8-9,18H2,1-5H3. The molecule has 0 saturated heterocycles. The van der Waals surface area contributed by atoms with Gasteiger partial charge < -0.3 is 10.2 Å². The minimum atomic E-state index is 0.465. The Bertz CT molecular complexity index is 578. The highest BCUT2D eigenvalue weighted by molar-refractivity contribution is 5.88. The summed E-state index contributed by atoms with van der Waals surface area (Å²) in [7, 11) is 0. The summed E-state index contributed by atoms with van der Waals surface area (Å²) in [6.45, 7) is 11.5. The summed E-state index contributed by atoms with van der Waals surface area (Å²) in [5, 5.41) is 1.29. The van der Waals surface area contributed by atoms with E-state index in [1.165, 1.54) is 22.1 Å². The Morgan fingerprint density at radius 1 is 1.16 bits per heavy atom. The summed E-state index contributed by atoms with van der Waals surface area (Å²) in [5.41, 5.74) is 10.8. The number of aryl methyl sites for hydroxylation is 1. The lowest BCUT2D eigenvalue weighted by Crippen LogP contribution is -2.02. The van der Waals surface area contributed by atoms with E-state index in [1.807, 2.05) is 0 Å². The molecule has 2 rings (SSSR count). The van der Waals surface area contributed by atoms with Crippen LogP contribution in [0.2, 0.25) is 0 Å². The van der Waals surface area contributed by atoms with Gasteiger partial charge in [-0.15, -0.1) is 0 Å². The minimum absolute atomic E-state index is 0.465. The molecule has 0 radical (unpaired) electrons. The molecule has 0 saturated carbocycles. The van der Waals surface area contributed by atoms with E-state index in [0.717, 1.165) is 17.8 Å². The van der Waals surface area contributed by atoms with Gasteiger partial charge in [0, 0.05) is 10.9 Å². The topological polar surface area (TPSA) is 39.2 Å². The first-order valence-corrected chi connectivity index (χ1v) is 7.19. The summed E-state index contributed by atoms with van der Waals surface area (Å²) in [4.78, 5) is 0. The van der Waals surface area contributed by atoms with Crippen LogP contribution in [-0.2, 0) is 13.0 Å². The molecule has 2 heteroatoms. The number of hydrogen-bond acceptors (Lipinski definition) is 2. The van der Waals surface area contributed by atoms with Crippen LogP contribution < -0.4 is 5.73 Å². The molecule has 0 aliphatic heterocycles. The average Bonchev–Trinajstić information content (AvgIpc) is 2.68. The molecule has 0 atom stereocenters. The van der Waals surface area contributed by atoms with Crippen molar-refractivity contribution in [1.29, 1.82) is 0 Å². The molecule has 2 N–H and O–H groups in total. The van der Waals surface area contributed by atoms with Gasteiger partial charge in [0.15, 0.2) is 0 Å². The van der Waals surface area contributed by atoms with Crippen LogP contribution in [0.5, 0.6) is 0 Å². The van der Waals surface area contributed by atoms with E-state index in [2.05, 4.69) is 46.8 Å². The Morgan fingerprint density at radius 3 is 2.37 bits per heavy atom. The fourth-order valence-corrected chi connectivity index (χ4v) is 2.75. The van der Waals surface area contributed by atoms with E-state index in [-0.39, 0.29) is 0 Å². The van der Waals surface area contributed by atoms with Crippen molar-refractivity contribution in [2.24, 2.45) is 11.7 Å². The minimum Gasteiger partial charge on any atom is -0.459 e.